The first-order valence-corrected chi connectivity index (χ1v) is 10.1. The molecule has 0 fully saturated rings. The first-order valence-electron chi connectivity index (χ1n) is 8.45. The Balaban J connectivity index is 2.25. The van der Waals surface area contributed by atoms with Gasteiger partial charge in [0.15, 0.2) is 0 Å². The highest BCUT2D eigenvalue weighted by Gasteiger charge is 2.28. The Morgan fingerprint density at radius 1 is 0.783 bits per heavy atom. The molecule has 0 saturated heterocycles. The van der Waals surface area contributed by atoms with Gasteiger partial charge in [0, 0.05) is 10.6 Å². The molecule has 2 nitrogen and oxygen atoms in total. The fraction of sp³-hybridized carbons (Fsp3) is 0.400. The van der Waals surface area contributed by atoms with Crippen molar-refractivity contribution in [2.75, 3.05) is 6.61 Å². The van der Waals surface area contributed by atoms with Crippen LogP contribution in [0, 0.1) is 13.8 Å². The molecule has 0 saturated carbocycles. The van der Waals surface area contributed by atoms with Gasteiger partial charge in [-0.2, -0.15) is 0 Å². The van der Waals surface area contributed by atoms with Crippen molar-refractivity contribution < 1.29 is 9.09 Å². The van der Waals surface area contributed by atoms with Crippen molar-refractivity contribution in [3.8, 4) is 0 Å². The molecule has 2 aromatic rings. The number of aryl methyl sites for hydroxylation is 2. The summed E-state index contributed by atoms with van der Waals surface area (Å²) < 4.78 is 19.6. The van der Waals surface area contributed by atoms with Gasteiger partial charge >= 0.3 is 0 Å². The van der Waals surface area contributed by atoms with Crippen LogP contribution in [0.5, 0.6) is 0 Å². The van der Waals surface area contributed by atoms with Crippen molar-refractivity contribution >= 4 is 18.0 Å². The summed E-state index contributed by atoms with van der Waals surface area (Å²) in [7, 11) is -3.01. The molecule has 0 heterocycles. The second-order valence-corrected chi connectivity index (χ2v) is 8.51. The Labute approximate surface area is 140 Å². The maximum atomic E-state index is 13.6. The van der Waals surface area contributed by atoms with Crippen LogP contribution in [0.2, 0.25) is 0 Å². The third-order valence-electron chi connectivity index (χ3n) is 4.02. The van der Waals surface area contributed by atoms with Crippen LogP contribution in [0.3, 0.4) is 0 Å². The zero-order valence-corrected chi connectivity index (χ0v) is 15.3. The SMILES string of the molecule is CCCCCCOP(=O)(c1ccc(C)cc1)c1ccc(C)cc1. The molecule has 0 bridgehead atoms. The van der Waals surface area contributed by atoms with E-state index in [0.29, 0.717) is 6.61 Å². The zero-order valence-electron chi connectivity index (χ0n) is 14.4. The number of rotatable bonds is 8. The van der Waals surface area contributed by atoms with Gasteiger partial charge < -0.3 is 4.52 Å². The van der Waals surface area contributed by atoms with E-state index >= 15 is 0 Å². The van der Waals surface area contributed by atoms with Crippen molar-refractivity contribution in [1.82, 2.24) is 0 Å². The average molecular weight is 330 g/mol. The van der Waals surface area contributed by atoms with E-state index in [1.54, 1.807) is 0 Å². The van der Waals surface area contributed by atoms with Crippen molar-refractivity contribution in [3.63, 3.8) is 0 Å². The highest BCUT2D eigenvalue weighted by Crippen LogP contribution is 2.44. The van der Waals surface area contributed by atoms with E-state index in [-0.39, 0.29) is 0 Å². The van der Waals surface area contributed by atoms with Crippen LogP contribution >= 0.6 is 7.37 Å². The van der Waals surface area contributed by atoms with E-state index < -0.39 is 7.37 Å². The monoisotopic (exact) mass is 330 g/mol. The summed E-state index contributed by atoms with van der Waals surface area (Å²) in [6.07, 6.45) is 4.46. The smallest absolute Gasteiger partial charge is 0.261 e. The Hall–Kier alpha value is -1.37. The lowest BCUT2D eigenvalue weighted by Crippen LogP contribution is -2.18. The Morgan fingerprint density at radius 3 is 1.70 bits per heavy atom. The number of hydrogen-bond donors (Lipinski definition) is 0. The van der Waals surface area contributed by atoms with Crippen LogP contribution in [0.4, 0.5) is 0 Å². The van der Waals surface area contributed by atoms with Crippen LogP contribution in [0.15, 0.2) is 48.5 Å². The fourth-order valence-electron chi connectivity index (χ4n) is 2.50. The van der Waals surface area contributed by atoms with Crippen LogP contribution in [0.1, 0.15) is 43.7 Å². The van der Waals surface area contributed by atoms with Crippen LogP contribution in [-0.4, -0.2) is 6.61 Å². The topological polar surface area (TPSA) is 26.3 Å². The molecule has 3 heteroatoms. The lowest BCUT2D eigenvalue weighted by atomic mass is 10.2. The molecular weight excluding hydrogens is 303 g/mol. The normalized spacial score (nSPS) is 11.6. The second-order valence-electron chi connectivity index (χ2n) is 6.12. The Bertz CT molecular complexity index is 595. The molecule has 0 N–H and O–H groups in total. The van der Waals surface area contributed by atoms with Gasteiger partial charge in [-0.15, -0.1) is 0 Å². The third-order valence-corrected chi connectivity index (χ3v) is 6.52. The van der Waals surface area contributed by atoms with Gasteiger partial charge in [0.1, 0.15) is 0 Å². The highest BCUT2D eigenvalue weighted by molar-refractivity contribution is 7.74. The van der Waals surface area contributed by atoms with Gasteiger partial charge in [-0.3, -0.25) is 4.57 Å². The summed E-state index contributed by atoms with van der Waals surface area (Å²) in [4.78, 5) is 0. The van der Waals surface area contributed by atoms with Crippen LogP contribution in [-0.2, 0) is 9.09 Å². The zero-order chi connectivity index (χ0) is 16.7. The van der Waals surface area contributed by atoms with E-state index in [1.807, 2.05) is 62.4 Å². The van der Waals surface area contributed by atoms with E-state index in [2.05, 4.69) is 6.92 Å². The van der Waals surface area contributed by atoms with Gasteiger partial charge in [-0.25, -0.2) is 0 Å². The molecule has 0 atom stereocenters. The molecule has 0 amide bonds. The van der Waals surface area contributed by atoms with E-state index in [1.165, 1.54) is 12.8 Å². The minimum absolute atomic E-state index is 0.541. The molecule has 0 aliphatic heterocycles. The maximum Gasteiger partial charge on any atom is 0.261 e. The number of unbranched alkanes of at least 4 members (excludes halogenated alkanes) is 3. The van der Waals surface area contributed by atoms with E-state index in [4.69, 9.17) is 4.52 Å². The fourth-order valence-corrected chi connectivity index (χ4v) is 4.57. The first kappa shape index (κ1) is 18.0. The molecule has 23 heavy (non-hydrogen) atoms. The maximum absolute atomic E-state index is 13.6. The molecule has 0 aliphatic rings. The second kappa shape index (κ2) is 8.47. The van der Waals surface area contributed by atoms with Gasteiger partial charge in [-0.05, 0) is 44.5 Å². The van der Waals surface area contributed by atoms with Crippen LogP contribution < -0.4 is 10.6 Å². The summed E-state index contributed by atoms with van der Waals surface area (Å²) in [5.74, 6) is 0. The lowest BCUT2D eigenvalue weighted by molar-refractivity contribution is 0.314. The lowest BCUT2D eigenvalue weighted by Gasteiger charge is -2.20. The predicted molar refractivity (Wildman–Crippen MR) is 99.3 cm³/mol. The molecule has 0 radical (unpaired) electrons. The van der Waals surface area contributed by atoms with Gasteiger partial charge in [-0.1, -0.05) is 61.6 Å². The van der Waals surface area contributed by atoms with Crippen LogP contribution in [0.25, 0.3) is 0 Å². The average Bonchev–Trinajstić information content (AvgIpc) is 2.55. The summed E-state index contributed by atoms with van der Waals surface area (Å²) >= 11 is 0. The summed E-state index contributed by atoms with van der Waals surface area (Å²) in [6, 6.07) is 15.7. The Kier molecular flexibility index (Phi) is 6.62. The summed E-state index contributed by atoms with van der Waals surface area (Å²) in [5, 5.41) is 1.56. The largest absolute Gasteiger partial charge is 0.322 e. The molecule has 0 aliphatic carbocycles. The van der Waals surface area contributed by atoms with Crippen molar-refractivity contribution in [2.45, 2.75) is 46.5 Å². The molecule has 2 rings (SSSR count). The number of benzene rings is 2. The molecule has 124 valence electrons. The third kappa shape index (κ3) is 4.80. The quantitative estimate of drug-likeness (QED) is 0.495. The summed E-state index contributed by atoms with van der Waals surface area (Å²) in [5.41, 5.74) is 2.32. The predicted octanol–water partition coefficient (Wildman–Crippen LogP) is 5.13. The number of hydrogen-bond acceptors (Lipinski definition) is 2. The standard InChI is InChI=1S/C20H27O2P/c1-4-5-6-7-16-22-23(21,19-12-8-17(2)9-13-19)20-14-10-18(3)11-15-20/h8-15H,4-7,16H2,1-3H3. The minimum Gasteiger partial charge on any atom is -0.322 e. The molecule has 0 aromatic heterocycles. The Morgan fingerprint density at radius 2 is 1.26 bits per heavy atom. The molecule has 0 spiro atoms. The van der Waals surface area contributed by atoms with Crippen molar-refractivity contribution in [2.24, 2.45) is 0 Å². The van der Waals surface area contributed by atoms with Crippen molar-refractivity contribution in [3.05, 3.63) is 59.7 Å². The first-order chi connectivity index (χ1) is 11.1. The van der Waals surface area contributed by atoms with Gasteiger partial charge in [0.25, 0.3) is 7.37 Å². The molecule has 2 aromatic carbocycles. The minimum atomic E-state index is -3.01. The molecular formula is C20H27O2P. The van der Waals surface area contributed by atoms with E-state index in [9.17, 15) is 4.57 Å². The van der Waals surface area contributed by atoms with Gasteiger partial charge in [0.05, 0.1) is 6.61 Å². The molecule has 0 unspecified atom stereocenters. The summed E-state index contributed by atoms with van der Waals surface area (Å²) in [6.45, 7) is 6.79. The van der Waals surface area contributed by atoms with Crippen molar-refractivity contribution in [1.29, 1.82) is 0 Å². The van der Waals surface area contributed by atoms with Gasteiger partial charge in [0.2, 0.25) is 0 Å². The highest BCUT2D eigenvalue weighted by atomic mass is 31.2. The van der Waals surface area contributed by atoms with E-state index in [0.717, 1.165) is 34.6 Å².